The Morgan fingerprint density at radius 3 is 2.57 bits per heavy atom. The standard InChI is InChI=1S/C20H25N9O6S2/c21-6-7-24-37(34,35)16-5-4-13(17(18(16)36(22,32)33)19-26-28-29-27-19)11-2-1-3-12(8-11)20(31)25-14-9-23-10-15(14)30/h1-5,8,14-15,23-24,30H,6-7,9-10,21H2,(H,25,31)(H2,22,32,33)(H,26,27,28,29)/t14-,15-/m1/s1. The van der Waals surface area contributed by atoms with E-state index in [1.54, 1.807) is 12.1 Å². The van der Waals surface area contributed by atoms with E-state index in [4.69, 9.17) is 10.9 Å². The minimum Gasteiger partial charge on any atom is -0.390 e. The van der Waals surface area contributed by atoms with Gasteiger partial charge in [0.05, 0.1) is 17.7 Å². The third-order valence-electron chi connectivity index (χ3n) is 5.64. The lowest BCUT2D eigenvalue weighted by Gasteiger charge is -2.18. The maximum absolute atomic E-state index is 12.9. The van der Waals surface area contributed by atoms with Crippen LogP contribution < -0.4 is 26.2 Å². The predicted molar refractivity (Wildman–Crippen MR) is 131 cm³/mol. The van der Waals surface area contributed by atoms with Crippen molar-refractivity contribution in [3.8, 4) is 22.5 Å². The second-order valence-electron chi connectivity index (χ2n) is 8.17. The number of aromatic amines is 1. The molecule has 0 saturated carbocycles. The zero-order valence-corrected chi connectivity index (χ0v) is 20.9. The van der Waals surface area contributed by atoms with Crippen LogP contribution in [0.3, 0.4) is 0 Å². The summed E-state index contributed by atoms with van der Waals surface area (Å²) >= 11 is 0. The van der Waals surface area contributed by atoms with Gasteiger partial charge >= 0.3 is 0 Å². The van der Waals surface area contributed by atoms with Gasteiger partial charge in [0.15, 0.2) is 0 Å². The van der Waals surface area contributed by atoms with Gasteiger partial charge in [-0.05, 0) is 34.5 Å². The number of hydrogen-bond acceptors (Lipinski definition) is 11. The number of carbonyl (C=O) groups is 1. The molecule has 0 unspecified atom stereocenters. The highest BCUT2D eigenvalue weighted by Crippen LogP contribution is 2.38. The van der Waals surface area contributed by atoms with Crippen LogP contribution in [0, 0.1) is 0 Å². The van der Waals surface area contributed by atoms with Gasteiger partial charge in [0, 0.05) is 31.7 Å². The van der Waals surface area contributed by atoms with E-state index in [2.05, 4.69) is 36.0 Å². The number of benzene rings is 2. The first-order valence-electron chi connectivity index (χ1n) is 11.0. The van der Waals surface area contributed by atoms with E-state index in [-0.39, 0.29) is 35.6 Å². The van der Waals surface area contributed by atoms with Crippen LogP contribution in [0.2, 0.25) is 0 Å². The fourth-order valence-electron chi connectivity index (χ4n) is 3.95. The molecule has 1 fully saturated rings. The van der Waals surface area contributed by atoms with Crippen molar-refractivity contribution in [1.29, 1.82) is 0 Å². The number of β-amino-alcohol motifs (C(OH)–C–C–N with tert-alkyl or cyclic N) is 1. The molecule has 0 aliphatic carbocycles. The van der Waals surface area contributed by atoms with Gasteiger partial charge in [0.25, 0.3) is 5.91 Å². The van der Waals surface area contributed by atoms with Gasteiger partial charge in [-0.1, -0.05) is 18.2 Å². The molecule has 1 amide bonds. The van der Waals surface area contributed by atoms with Gasteiger partial charge in [0.1, 0.15) is 9.79 Å². The molecule has 0 spiro atoms. The van der Waals surface area contributed by atoms with Crippen LogP contribution in [-0.2, 0) is 20.0 Å². The quantitative estimate of drug-likeness (QED) is 0.146. The van der Waals surface area contributed by atoms with Crippen molar-refractivity contribution in [3.63, 3.8) is 0 Å². The van der Waals surface area contributed by atoms with Crippen LogP contribution in [0.1, 0.15) is 10.4 Å². The summed E-state index contributed by atoms with van der Waals surface area (Å²) in [6.45, 7) is 0.585. The van der Waals surface area contributed by atoms with E-state index >= 15 is 0 Å². The molecule has 2 aromatic carbocycles. The Hall–Kier alpha value is -3.32. The number of primary sulfonamides is 1. The van der Waals surface area contributed by atoms with E-state index in [0.717, 1.165) is 6.07 Å². The fraction of sp³-hybridized carbons (Fsp3) is 0.300. The summed E-state index contributed by atoms with van der Waals surface area (Å²) in [6.07, 6.45) is -0.739. The number of aromatic nitrogens is 4. The molecule has 1 aromatic heterocycles. The number of nitrogens with zero attached hydrogens (tertiary/aromatic N) is 3. The SMILES string of the molecule is NCCNS(=O)(=O)c1ccc(-c2cccc(C(=O)N[C@@H]3CNC[C@H]3O)c2)c(-c2nn[nH]n2)c1S(N)(=O)=O. The molecule has 1 aliphatic rings. The van der Waals surface area contributed by atoms with Crippen LogP contribution >= 0.6 is 0 Å². The van der Waals surface area contributed by atoms with E-state index < -0.39 is 47.9 Å². The van der Waals surface area contributed by atoms with E-state index in [1.165, 1.54) is 18.2 Å². The lowest BCUT2D eigenvalue weighted by molar-refractivity contribution is 0.0888. The first-order chi connectivity index (χ1) is 17.5. The number of tetrazole rings is 1. The molecule has 198 valence electrons. The van der Waals surface area contributed by atoms with Crippen molar-refractivity contribution < 1.29 is 26.7 Å². The Kier molecular flexibility index (Phi) is 7.64. The molecule has 3 aromatic rings. The average molecular weight is 552 g/mol. The molecule has 15 nitrogen and oxygen atoms in total. The maximum Gasteiger partial charge on any atom is 0.251 e. The molecule has 0 radical (unpaired) electrons. The second-order valence-corrected chi connectivity index (χ2v) is 11.4. The number of rotatable bonds is 9. The van der Waals surface area contributed by atoms with Crippen LogP contribution in [-0.4, -0.2) is 86.8 Å². The zero-order valence-electron chi connectivity index (χ0n) is 19.2. The topological polar surface area (TPSA) is 248 Å². The van der Waals surface area contributed by atoms with Crippen molar-refractivity contribution in [2.24, 2.45) is 10.9 Å². The van der Waals surface area contributed by atoms with Crippen LogP contribution in [0.5, 0.6) is 0 Å². The number of amides is 1. The highest BCUT2D eigenvalue weighted by atomic mass is 32.2. The smallest absolute Gasteiger partial charge is 0.251 e. The number of nitrogens with one attached hydrogen (secondary N) is 4. The summed E-state index contributed by atoms with van der Waals surface area (Å²) in [5, 5.41) is 34.6. The molecule has 2 heterocycles. The Bertz CT molecular complexity index is 1510. The molecule has 4 rings (SSSR count). The lowest BCUT2D eigenvalue weighted by Crippen LogP contribution is -2.42. The first-order valence-corrected chi connectivity index (χ1v) is 14.0. The van der Waals surface area contributed by atoms with Crippen molar-refractivity contribution >= 4 is 26.0 Å². The monoisotopic (exact) mass is 551 g/mol. The van der Waals surface area contributed by atoms with E-state index in [0.29, 0.717) is 18.7 Å². The van der Waals surface area contributed by atoms with Crippen LogP contribution in [0.25, 0.3) is 22.5 Å². The highest BCUT2D eigenvalue weighted by molar-refractivity contribution is 7.92. The number of carbonyl (C=O) groups excluding carboxylic acids is 1. The molecule has 0 bridgehead atoms. The Labute approximate surface area is 212 Å². The molecular weight excluding hydrogens is 526 g/mol. The van der Waals surface area contributed by atoms with Gasteiger partial charge in [-0.3, -0.25) is 4.79 Å². The van der Waals surface area contributed by atoms with Gasteiger partial charge < -0.3 is 21.5 Å². The number of hydrogen-bond donors (Lipinski definition) is 7. The number of aliphatic hydroxyl groups is 1. The zero-order chi connectivity index (χ0) is 26.8. The first kappa shape index (κ1) is 26.7. The summed E-state index contributed by atoms with van der Waals surface area (Å²) in [6, 6.07) is 8.15. The third-order valence-corrected chi connectivity index (χ3v) is 8.26. The van der Waals surface area contributed by atoms with Crippen molar-refractivity contribution in [2.75, 3.05) is 26.2 Å². The molecule has 17 heteroatoms. The third kappa shape index (κ3) is 5.67. The maximum atomic E-state index is 12.9. The summed E-state index contributed by atoms with van der Waals surface area (Å²) < 4.78 is 53.6. The second kappa shape index (κ2) is 10.6. The molecule has 37 heavy (non-hydrogen) atoms. The molecular formula is C20H25N9O6S2. The van der Waals surface area contributed by atoms with Gasteiger partial charge in [0.2, 0.25) is 25.9 Å². The molecule has 1 aliphatic heterocycles. The minimum absolute atomic E-state index is 0.0253. The Morgan fingerprint density at radius 1 is 1.16 bits per heavy atom. The summed E-state index contributed by atoms with van der Waals surface area (Å²) in [5.74, 6) is -0.697. The molecule has 9 N–H and O–H groups in total. The normalized spacial score (nSPS) is 18.1. The number of H-pyrrole nitrogens is 1. The van der Waals surface area contributed by atoms with Gasteiger partial charge in [-0.15, -0.1) is 10.2 Å². The van der Waals surface area contributed by atoms with Crippen LogP contribution in [0.4, 0.5) is 0 Å². The van der Waals surface area contributed by atoms with Crippen molar-refractivity contribution in [2.45, 2.75) is 21.9 Å². The van der Waals surface area contributed by atoms with Gasteiger partial charge in [-0.2, -0.15) is 5.21 Å². The average Bonchev–Trinajstić information content (AvgIpc) is 3.53. The molecule has 2 atom stereocenters. The summed E-state index contributed by atoms with van der Waals surface area (Å²) in [7, 11) is -9.02. The summed E-state index contributed by atoms with van der Waals surface area (Å²) in [4.78, 5) is 11.5. The number of aliphatic hydroxyl groups excluding tert-OH is 1. The van der Waals surface area contributed by atoms with E-state index in [1.807, 2.05) is 0 Å². The molecule has 1 saturated heterocycles. The lowest BCUT2D eigenvalue weighted by atomic mass is 9.97. The fourth-order valence-corrected chi connectivity index (χ4v) is 6.60. The predicted octanol–water partition coefficient (Wildman–Crippen LogP) is -2.52. The number of nitrogens with two attached hydrogens (primary N) is 2. The van der Waals surface area contributed by atoms with Crippen molar-refractivity contribution in [3.05, 3.63) is 42.0 Å². The largest absolute Gasteiger partial charge is 0.390 e. The minimum atomic E-state index is -4.66. The van der Waals surface area contributed by atoms with Crippen LogP contribution in [0.15, 0.2) is 46.2 Å². The highest BCUT2D eigenvalue weighted by Gasteiger charge is 2.32. The summed E-state index contributed by atoms with van der Waals surface area (Å²) in [5.41, 5.74) is 5.91. The van der Waals surface area contributed by atoms with Crippen molar-refractivity contribution in [1.82, 2.24) is 36.0 Å². The Balaban J connectivity index is 1.88. The van der Waals surface area contributed by atoms with E-state index in [9.17, 15) is 26.7 Å². The van der Waals surface area contributed by atoms with Gasteiger partial charge in [-0.25, -0.2) is 26.7 Å². The Morgan fingerprint density at radius 2 is 1.95 bits per heavy atom. The number of sulfonamides is 2.